The first kappa shape index (κ1) is 15.4. The number of hydrogen-bond donors (Lipinski definition) is 1. The van der Waals surface area contributed by atoms with E-state index in [4.69, 9.17) is 0 Å². The average Bonchev–Trinajstić information content (AvgIpc) is 2.43. The highest BCUT2D eigenvalue weighted by atomic mass is 19.2. The molecular weight excluding hydrogens is 286 g/mol. The maximum Gasteiger partial charge on any atom is 0.223 e. The molecule has 3 nitrogen and oxygen atoms in total. The molecule has 1 N–H and O–H groups in total. The van der Waals surface area contributed by atoms with Crippen molar-refractivity contribution >= 4 is 5.91 Å². The number of likely N-dealkylation sites (tertiary alicyclic amines) is 1. The Balaban J connectivity index is 1.45. The van der Waals surface area contributed by atoms with Crippen LogP contribution in [0.1, 0.15) is 37.7 Å². The summed E-state index contributed by atoms with van der Waals surface area (Å²) in [5.74, 6) is -1.15. The number of rotatable bonds is 4. The Bertz CT molecular complexity index is 537. The number of carbonyl (C=O) groups is 1. The van der Waals surface area contributed by atoms with Crippen molar-refractivity contribution < 1.29 is 13.6 Å². The summed E-state index contributed by atoms with van der Waals surface area (Å²) in [5.41, 5.74) is 0.788. The number of nitrogens with one attached hydrogen (secondary N) is 1. The predicted molar refractivity (Wildman–Crippen MR) is 80.1 cm³/mol. The molecule has 0 bridgehead atoms. The zero-order valence-electron chi connectivity index (χ0n) is 12.7. The first-order valence-corrected chi connectivity index (χ1v) is 8.08. The second-order valence-corrected chi connectivity index (χ2v) is 6.44. The summed E-state index contributed by atoms with van der Waals surface area (Å²) in [6.07, 6.45) is 5.07. The van der Waals surface area contributed by atoms with E-state index in [2.05, 4.69) is 10.2 Å². The zero-order chi connectivity index (χ0) is 15.5. The predicted octanol–water partition coefficient (Wildman–Crippen LogP) is 2.85. The lowest BCUT2D eigenvalue weighted by atomic mass is 9.84. The van der Waals surface area contributed by atoms with Crippen molar-refractivity contribution in [2.75, 3.05) is 13.1 Å². The van der Waals surface area contributed by atoms with Gasteiger partial charge in [0.1, 0.15) is 0 Å². The van der Waals surface area contributed by atoms with E-state index in [9.17, 15) is 13.6 Å². The number of halogens is 2. The van der Waals surface area contributed by atoms with Crippen LogP contribution in [0.3, 0.4) is 0 Å². The smallest absolute Gasteiger partial charge is 0.223 e. The third-order valence-corrected chi connectivity index (χ3v) is 4.80. The number of nitrogens with zero attached hydrogens (tertiary/aromatic N) is 1. The van der Waals surface area contributed by atoms with Crippen molar-refractivity contribution in [3.63, 3.8) is 0 Å². The van der Waals surface area contributed by atoms with Gasteiger partial charge in [0.15, 0.2) is 11.6 Å². The summed E-state index contributed by atoms with van der Waals surface area (Å²) < 4.78 is 26.1. The van der Waals surface area contributed by atoms with E-state index >= 15 is 0 Å². The Morgan fingerprint density at radius 3 is 2.45 bits per heavy atom. The minimum atomic E-state index is -0.804. The molecule has 120 valence electrons. The lowest BCUT2D eigenvalue weighted by Gasteiger charge is -2.34. The van der Waals surface area contributed by atoms with Gasteiger partial charge >= 0.3 is 0 Å². The summed E-state index contributed by atoms with van der Waals surface area (Å²) in [6, 6.07) is 4.33. The monoisotopic (exact) mass is 308 g/mol. The van der Waals surface area contributed by atoms with E-state index in [1.54, 1.807) is 6.07 Å². The van der Waals surface area contributed by atoms with Crippen LogP contribution < -0.4 is 5.32 Å². The van der Waals surface area contributed by atoms with Crippen LogP contribution in [0.4, 0.5) is 8.78 Å². The Hall–Kier alpha value is -1.49. The van der Waals surface area contributed by atoms with E-state index in [-0.39, 0.29) is 17.9 Å². The molecule has 22 heavy (non-hydrogen) atoms. The van der Waals surface area contributed by atoms with Crippen molar-refractivity contribution in [2.45, 2.75) is 44.7 Å². The van der Waals surface area contributed by atoms with Crippen LogP contribution in [-0.4, -0.2) is 29.9 Å². The number of amides is 1. The Morgan fingerprint density at radius 2 is 1.86 bits per heavy atom. The molecule has 0 radical (unpaired) electrons. The topological polar surface area (TPSA) is 32.3 Å². The van der Waals surface area contributed by atoms with E-state index < -0.39 is 11.6 Å². The van der Waals surface area contributed by atoms with Crippen LogP contribution in [-0.2, 0) is 11.3 Å². The third-order valence-electron chi connectivity index (χ3n) is 4.80. The van der Waals surface area contributed by atoms with E-state index in [1.807, 2.05) is 0 Å². The second kappa shape index (κ2) is 6.73. The molecule has 2 aliphatic rings. The van der Waals surface area contributed by atoms with Gasteiger partial charge in [0.25, 0.3) is 0 Å². The molecule has 3 rings (SSSR count). The van der Waals surface area contributed by atoms with Gasteiger partial charge in [-0.05, 0) is 43.4 Å². The van der Waals surface area contributed by atoms with Gasteiger partial charge in [0.2, 0.25) is 5.91 Å². The first-order chi connectivity index (χ1) is 10.6. The molecular formula is C17H22F2N2O. The number of carbonyl (C=O) groups excluding carboxylic acids is 1. The largest absolute Gasteiger partial charge is 0.353 e. The minimum absolute atomic E-state index is 0.213. The summed E-state index contributed by atoms with van der Waals surface area (Å²) in [4.78, 5) is 14.2. The van der Waals surface area contributed by atoms with Gasteiger partial charge in [-0.3, -0.25) is 9.69 Å². The number of benzene rings is 1. The molecule has 5 heteroatoms. The van der Waals surface area contributed by atoms with Crippen molar-refractivity contribution in [3.8, 4) is 0 Å². The summed E-state index contributed by atoms with van der Waals surface area (Å²) in [7, 11) is 0. The highest BCUT2D eigenvalue weighted by Crippen LogP contribution is 2.27. The van der Waals surface area contributed by atoms with Gasteiger partial charge < -0.3 is 5.32 Å². The molecule has 1 amide bonds. The molecule has 1 aliphatic carbocycles. The molecule has 1 saturated carbocycles. The van der Waals surface area contributed by atoms with Crippen molar-refractivity contribution in [3.05, 3.63) is 35.4 Å². The van der Waals surface area contributed by atoms with Crippen molar-refractivity contribution in [2.24, 2.45) is 5.92 Å². The highest BCUT2D eigenvalue weighted by Gasteiger charge is 2.28. The molecule has 0 unspecified atom stereocenters. The van der Waals surface area contributed by atoms with E-state index in [0.717, 1.165) is 44.3 Å². The first-order valence-electron chi connectivity index (χ1n) is 8.08. The summed E-state index contributed by atoms with van der Waals surface area (Å²) >= 11 is 0. The van der Waals surface area contributed by atoms with Gasteiger partial charge in [0.05, 0.1) is 0 Å². The maximum absolute atomic E-state index is 13.2. The van der Waals surface area contributed by atoms with Gasteiger partial charge in [-0.25, -0.2) is 8.78 Å². The molecule has 2 fully saturated rings. The third kappa shape index (κ3) is 3.64. The number of hydrogen-bond acceptors (Lipinski definition) is 2. The summed E-state index contributed by atoms with van der Waals surface area (Å²) in [6.45, 7) is 2.36. The second-order valence-electron chi connectivity index (χ2n) is 6.44. The average molecular weight is 308 g/mol. The normalized spacial score (nSPS) is 20.6. The van der Waals surface area contributed by atoms with Crippen LogP contribution in [0.2, 0.25) is 0 Å². The molecule has 0 spiro atoms. The SMILES string of the molecule is O=C(NC1CCN(Cc2ccc(F)c(F)c2)CC1)C1CCC1. The van der Waals surface area contributed by atoms with Crippen molar-refractivity contribution in [1.82, 2.24) is 10.2 Å². The fraction of sp³-hybridized carbons (Fsp3) is 0.588. The summed E-state index contributed by atoms with van der Waals surface area (Å²) in [5, 5.41) is 3.15. The Morgan fingerprint density at radius 1 is 1.14 bits per heavy atom. The van der Waals surface area contributed by atoms with Crippen LogP contribution in [0, 0.1) is 17.6 Å². The molecule has 0 atom stereocenters. The highest BCUT2D eigenvalue weighted by molar-refractivity contribution is 5.79. The van der Waals surface area contributed by atoms with Crippen LogP contribution in [0.5, 0.6) is 0 Å². The zero-order valence-corrected chi connectivity index (χ0v) is 12.7. The Labute approximate surface area is 129 Å². The van der Waals surface area contributed by atoms with Gasteiger partial charge in [-0.2, -0.15) is 0 Å². The van der Waals surface area contributed by atoms with E-state index in [0.29, 0.717) is 6.54 Å². The molecule has 0 aromatic heterocycles. The minimum Gasteiger partial charge on any atom is -0.353 e. The lowest BCUT2D eigenvalue weighted by Crippen LogP contribution is -2.47. The van der Waals surface area contributed by atoms with Crippen molar-refractivity contribution in [1.29, 1.82) is 0 Å². The van der Waals surface area contributed by atoms with Gasteiger partial charge in [-0.15, -0.1) is 0 Å². The van der Waals surface area contributed by atoms with Crippen LogP contribution >= 0.6 is 0 Å². The quantitative estimate of drug-likeness (QED) is 0.927. The van der Waals surface area contributed by atoms with Crippen LogP contribution in [0.25, 0.3) is 0 Å². The van der Waals surface area contributed by atoms with Gasteiger partial charge in [-0.1, -0.05) is 12.5 Å². The lowest BCUT2D eigenvalue weighted by molar-refractivity contribution is -0.128. The van der Waals surface area contributed by atoms with Crippen LogP contribution in [0.15, 0.2) is 18.2 Å². The maximum atomic E-state index is 13.2. The fourth-order valence-corrected chi connectivity index (χ4v) is 3.12. The molecule has 1 aliphatic heterocycles. The van der Waals surface area contributed by atoms with Gasteiger partial charge in [0, 0.05) is 31.6 Å². The molecule has 1 aromatic rings. The Kier molecular flexibility index (Phi) is 4.71. The molecule has 1 aromatic carbocycles. The molecule has 1 heterocycles. The number of piperidine rings is 1. The fourth-order valence-electron chi connectivity index (χ4n) is 3.12. The van der Waals surface area contributed by atoms with E-state index in [1.165, 1.54) is 18.6 Å². The molecule has 1 saturated heterocycles. The standard InChI is InChI=1S/C17H22F2N2O/c18-15-5-4-12(10-16(15)19)11-21-8-6-14(7-9-21)20-17(22)13-2-1-3-13/h4-5,10,13-14H,1-3,6-9,11H2,(H,20,22).